The molecule has 1 N–H and O–H groups in total. The molecule has 0 aromatic rings. The predicted molar refractivity (Wildman–Crippen MR) is 41.2 cm³/mol. The highest BCUT2D eigenvalue weighted by molar-refractivity contribution is 4.84. The van der Waals surface area contributed by atoms with Gasteiger partial charge in [0, 0.05) is 6.54 Å². The van der Waals surface area contributed by atoms with Crippen molar-refractivity contribution in [3.63, 3.8) is 0 Å². The maximum absolute atomic E-state index is 6.81. The van der Waals surface area contributed by atoms with Gasteiger partial charge in [-0.3, -0.25) is 5.73 Å². The molecule has 0 saturated carbocycles. The molecule has 0 aliphatic rings. The van der Waals surface area contributed by atoms with Crippen molar-refractivity contribution in [3.8, 4) is 0 Å². The van der Waals surface area contributed by atoms with E-state index >= 15 is 0 Å². The Morgan fingerprint density at radius 3 is 2.33 bits per heavy atom. The first kappa shape index (κ1) is 8.44. The van der Waals surface area contributed by atoms with Crippen LogP contribution in [0.5, 0.6) is 0 Å². The minimum atomic E-state index is 0.505. The maximum Gasteiger partial charge on any atom is 0.0134 e. The predicted octanol–water partition coefficient (Wildman–Crippen LogP) is 2.18. The Labute approximate surface area is 57.3 Å². The molecule has 0 aromatic carbocycles. The van der Waals surface area contributed by atoms with Crippen LogP contribution in [0.25, 0.3) is 0 Å². The van der Waals surface area contributed by atoms with Crippen LogP contribution in [0.15, 0.2) is 24.8 Å². The lowest BCUT2D eigenvalue weighted by atomic mass is 10.2. The van der Waals surface area contributed by atoms with Crippen molar-refractivity contribution in [2.75, 3.05) is 6.54 Å². The Bertz CT molecular complexity index is 84.6. The highest BCUT2D eigenvalue weighted by Gasteiger charge is 1.74. The molecule has 0 aliphatic carbocycles. The van der Waals surface area contributed by atoms with Crippen LogP contribution in [-0.2, 0) is 0 Å². The van der Waals surface area contributed by atoms with Crippen molar-refractivity contribution >= 4 is 0 Å². The summed E-state index contributed by atoms with van der Waals surface area (Å²) in [6, 6.07) is 0. The molecule has 0 aliphatic heterocycles. The largest absolute Gasteiger partial charge is 0.258 e. The molecule has 0 aromatic heterocycles. The molecule has 0 unspecified atom stereocenters. The fourth-order valence-electron chi connectivity index (χ4n) is 0.533. The lowest BCUT2D eigenvalue weighted by Crippen LogP contribution is -1.78. The summed E-state index contributed by atoms with van der Waals surface area (Å²) in [7, 11) is 0. The van der Waals surface area contributed by atoms with Crippen molar-refractivity contribution < 1.29 is 0 Å². The van der Waals surface area contributed by atoms with Crippen molar-refractivity contribution in [1.82, 2.24) is 5.73 Å². The zero-order valence-corrected chi connectivity index (χ0v) is 5.77. The lowest BCUT2D eigenvalue weighted by Gasteiger charge is -1.84. The number of hydrogen-bond donors (Lipinski definition) is 0. The Hall–Kier alpha value is -0.560. The van der Waals surface area contributed by atoms with Gasteiger partial charge in [-0.25, -0.2) is 0 Å². The van der Waals surface area contributed by atoms with Gasteiger partial charge in [0.1, 0.15) is 0 Å². The summed E-state index contributed by atoms with van der Waals surface area (Å²) in [5.41, 5.74) is 6.81. The third-order valence-electron chi connectivity index (χ3n) is 1.02. The van der Waals surface area contributed by atoms with Crippen LogP contribution in [0, 0.1) is 0 Å². The number of nitrogens with one attached hydrogen (secondary N) is 1. The fourth-order valence-corrected chi connectivity index (χ4v) is 0.533. The van der Waals surface area contributed by atoms with E-state index in [9.17, 15) is 0 Å². The van der Waals surface area contributed by atoms with Crippen molar-refractivity contribution in [1.29, 1.82) is 0 Å². The van der Waals surface area contributed by atoms with E-state index in [-0.39, 0.29) is 0 Å². The second kappa shape index (κ2) is 7.44. The Morgan fingerprint density at radius 2 is 1.78 bits per heavy atom. The number of unbranched alkanes of at least 4 members (excludes halogenated alkanes) is 1. The molecule has 0 fully saturated rings. The van der Waals surface area contributed by atoms with E-state index in [0.29, 0.717) is 6.54 Å². The smallest absolute Gasteiger partial charge is 0.0134 e. The summed E-state index contributed by atoms with van der Waals surface area (Å²) in [6.07, 6.45) is 9.08. The van der Waals surface area contributed by atoms with Crippen molar-refractivity contribution in [3.05, 3.63) is 24.8 Å². The van der Waals surface area contributed by atoms with Gasteiger partial charge in [0.15, 0.2) is 0 Å². The molecule has 0 atom stereocenters. The Morgan fingerprint density at radius 1 is 1.11 bits per heavy atom. The highest BCUT2D eigenvalue weighted by Crippen LogP contribution is 1.91. The van der Waals surface area contributed by atoms with E-state index < -0.39 is 0 Å². The molecule has 0 bridgehead atoms. The van der Waals surface area contributed by atoms with E-state index in [1.54, 1.807) is 0 Å². The first-order chi connectivity index (χ1) is 4.41. The van der Waals surface area contributed by atoms with Gasteiger partial charge in [-0.05, 0) is 19.3 Å². The van der Waals surface area contributed by atoms with Gasteiger partial charge in [0.25, 0.3) is 0 Å². The summed E-state index contributed by atoms with van der Waals surface area (Å²) in [4.78, 5) is 0. The molecule has 1 nitrogen and oxygen atoms in total. The zero-order chi connectivity index (χ0) is 6.95. The van der Waals surface area contributed by atoms with E-state index in [2.05, 4.69) is 18.7 Å². The zero-order valence-electron chi connectivity index (χ0n) is 5.77. The topological polar surface area (TPSA) is 23.8 Å². The molecule has 0 heterocycles. The van der Waals surface area contributed by atoms with Gasteiger partial charge in [-0.1, -0.05) is 18.2 Å². The molecule has 0 rings (SSSR count). The SMILES string of the molecule is C=CCCC=CCC[NH]. The maximum atomic E-state index is 6.81. The second-order valence-corrected chi connectivity index (χ2v) is 1.88. The Kier molecular flexibility index (Phi) is 6.98. The summed E-state index contributed by atoms with van der Waals surface area (Å²) < 4.78 is 0. The van der Waals surface area contributed by atoms with Crippen molar-refractivity contribution in [2.45, 2.75) is 19.3 Å². The van der Waals surface area contributed by atoms with Crippen LogP contribution in [0.2, 0.25) is 0 Å². The molecule has 1 heteroatoms. The third-order valence-corrected chi connectivity index (χ3v) is 1.02. The number of rotatable bonds is 5. The third kappa shape index (κ3) is 7.44. The molecule has 51 valence electrons. The van der Waals surface area contributed by atoms with Gasteiger partial charge in [-0.15, -0.1) is 6.58 Å². The van der Waals surface area contributed by atoms with Gasteiger partial charge in [-0.2, -0.15) is 0 Å². The summed E-state index contributed by atoms with van der Waals surface area (Å²) >= 11 is 0. The normalized spacial score (nSPS) is 10.3. The molecule has 9 heavy (non-hydrogen) atoms. The van der Waals surface area contributed by atoms with Crippen LogP contribution in [-0.4, -0.2) is 6.54 Å². The molecular formula is C8H14N. The quantitative estimate of drug-likeness (QED) is 0.396. The minimum absolute atomic E-state index is 0.505. The van der Waals surface area contributed by atoms with Gasteiger partial charge < -0.3 is 0 Å². The first-order valence-electron chi connectivity index (χ1n) is 3.32. The van der Waals surface area contributed by atoms with Crippen LogP contribution >= 0.6 is 0 Å². The first-order valence-corrected chi connectivity index (χ1v) is 3.32. The number of allylic oxidation sites excluding steroid dienone is 2. The summed E-state index contributed by atoms with van der Waals surface area (Å²) in [5, 5.41) is 0. The number of hydrogen-bond acceptors (Lipinski definition) is 0. The van der Waals surface area contributed by atoms with Crippen LogP contribution < -0.4 is 5.73 Å². The summed E-state index contributed by atoms with van der Waals surface area (Å²) in [5.74, 6) is 0. The molecule has 0 saturated heterocycles. The standard InChI is InChI=1S/C8H14N/c1-2-3-4-5-6-7-8-9/h2,5-6,9H,1,3-4,7-8H2. The van der Waals surface area contributed by atoms with E-state index in [1.807, 2.05) is 6.08 Å². The monoisotopic (exact) mass is 124 g/mol. The van der Waals surface area contributed by atoms with Crippen LogP contribution in [0.1, 0.15) is 19.3 Å². The lowest BCUT2D eigenvalue weighted by molar-refractivity contribution is 0.959. The fraction of sp³-hybridized carbons (Fsp3) is 0.500. The molecule has 0 amide bonds. The van der Waals surface area contributed by atoms with Gasteiger partial charge in [0.2, 0.25) is 0 Å². The molecule has 1 radical (unpaired) electrons. The van der Waals surface area contributed by atoms with E-state index in [1.165, 1.54) is 0 Å². The molecule has 0 spiro atoms. The average molecular weight is 124 g/mol. The van der Waals surface area contributed by atoms with Gasteiger partial charge in [0.05, 0.1) is 0 Å². The molecular weight excluding hydrogens is 110 g/mol. The highest BCUT2D eigenvalue weighted by atomic mass is 14.5. The van der Waals surface area contributed by atoms with E-state index in [4.69, 9.17) is 5.73 Å². The van der Waals surface area contributed by atoms with Gasteiger partial charge >= 0.3 is 0 Å². The van der Waals surface area contributed by atoms with E-state index in [0.717, 1.165) is 19.3 Å². The van der Waals surface area contributed by atoms with Crippen molar-refractivity contribution in [2.24, 2.45) is 0 Å². The summed E-state index contributed by atoms with van der Waals surface area (Å²) in [6.45, 7) is 4.11. The second-order valence-electron chi connectivity index (χ2n) is 1.88. The van der Waals surface area contributed by atoms with Crippen LogP contribution in [0.4, 0.5) is 0 Å². The Balaban J connectivity index is 2.94. The average Bonchev–Trinajstić information content (AvgIpc) is 1.89. The minimum Gasteiger partial charge on any atom is -0.258 e. The van der Waals surface area contributed by atoms with Crippen LogP contribution in [0.3, 0.4) is 0 Å².